The molecule has 0 heterocycles. The summed E-state index contributed by atoms with van der Waals surface area (Å²) in [6.07, 6.45) is 0.756. The summed E-state index contributed by atoms with van der Waals surface area (Å²) in [5.41, 5.74) is 3.70. The van der Waals surface area contributed by atoms with E-state index in [1.54, 1.807) is 0 Å². The SMILES string of the molecule is CCC(c1ccccc1)C(O)(c1ccc(OCc2ccccc2)cc1)c1ccc(C(C)(C)C)cc1O[SiH](C)C. The van der Waals surface area contributed by atoms with Gasteiger partial charge in [-0.3, -0.25) is 0 Å². The second-order valence-corrected chi connectivity index (χ2v) is 13.9. The molecule has 4 heteroatoms. The molecule has 2 unspecified atom stereocenters. The summed E-state index contributed by atoms with van der Waals surface area (Å²) in [4.78, 5) is 0. The van der Waals surface area contributed by atoms with Gasteiger partial charge in [0.05, 0.1) is 0 Å². The van der Waals surface area contributed by atoms with Gasteiger partial charge in [0, 0.05) is 11.5 Å². The van der Waals surface area contributed by atoms with Gasteiger partial charge in [0.1, 0.15) is 23.7 Å². The first kappa shape index (κ1) is 28.7. The van der Waals surface area contributed by atoms with Gasteiger partial charge in [-0.1, -0.05) is 113 Å². The van der Waals surface area contributed by atoms with E-state index in [2.05, 4.69) is 83.3 Å². The molecule has 204 valence electrons. The second kappa shape index (κ2) is 12.2. The third-order valence-corrected chi connectivity index (χ3v) is 8.00. The Bertz CT molecular complexity index is 1330. The zero-order chi connectivity index (χ0) is 28.0. The molecule has 4 rings (SSSR count). The smallest absolute Gasteiger partial charge is 0.229 e. The van der Waals surface area contributed by atoms with Crippen LogP contribution in [0.3, 0.4) is 0 Å². The van der Waals surface area contributed by atoms with Crippen LogP contribution in [0.1, 0.15) is 67.9 Å². The molecular formula is C35H42O3Si. The molecule has 39 heavy (non-hydrogen) atoms. The van der Waals surface area contributed by atoms with Crippen LogP contribution in [0.5, 0.6) is 11.5 Å². The van der Waals surface area contributed by atoms with E-state index in [1.807, 2.05) is 60.7 Å². The van der Waals surface area contributed by atoms with Crippen molar-refractivity contribution in [2.24, 2.45) is 0 Å². The molecule has 0 aliphatic heterocycles. The molecule has 4 aromatic carbocycles. The van der Waals surface area contributed by atoms with E-state index in [-0.39, 0.29) is 11.3 Å². The van der Waals surface area contributed by atoms with E-state index in [0.717, 1.165) is 40.2 Å². The Hall–Kier alpha value is -3.34. The van der Waals surface area contributed by atoms with Crippen molar-refractivity contribution in [3.05, 3.63) is 131 Å². The van der Waals surface area contributed by atoms with Gasteiger partial charge in [-0.25, -0.2) is 0 Å². The molecule has 0 saturated carbocycles. The highest BCUT2D eigenvalue weighted by Gasteiger charge is 2.42. The minimum absolute atomic E-state index is 0.0331. The number of hydrogen-bond acceptors (Lipinski definition) is 3. The third kappa shape index (κ3) is 6.63. The fourth-order valence-corrected chi connectivity index (χ4v) is 5.91. The van der Waals surface area contributed by atoms with Gasteiger partial charge >= 0.3 is 0 Å². The summed E-state index contributed by atoms with van der Waals surface area (Å²) in [5, 5.41) is 12.9. The van der Waals surface area contributed by atoms with Gasteiger partial charge in [-0.15, -0.1) is 0 Å². The van der Waals surface area contributed by atoms with Crippen LogP contribution in [0.15, 0.2) is 103 Å². The number of hydrogen-bond donors (Lipinski definition) is 1. The Morgan fingerprint density at radius 2 is 1.36 bits per heavy atom. The molecular weight excluding hydrogens is 496 g/mol. The molecule has 0 bridgehead atoms. The molecule has 3 nitrogen and oxygen atoms in total. The molecule has 2 atom stereocenters. The van der Waals surface area contributed by atoms with Crippen molar-refractivity contribution >= 4 is 9.04 Å². The fourth-order valence-electron chi connectivity index (χ4n) is 5.20. The molecule has 0 aliphatic carbocycles. The minimum Gasteiger partial charge on any atom is -0.547 e. The number of rotatable bonds is 10. The topological polar surface area (TPSA) is 38.7 Å². The lowest BCUT2D eigenvalue weighted by Crippen LogP contribution is -2.36. The van der Waals surface area contributed by atoms with Crippen LogP contribution >= 0.6 is 0 Å². The third-order valence-electron chi connectivity index (χ3n) is 7.28. The van der Waals surface area contributed by atoms with Crippen molar-refractivity contribution in [1.29, 1.82) is 0 Å². The summed E-state index contributed by atoms with van der Waals surface area (Å²) in [6, 6.07) is 34.8. The summed E-state index contributed by atoms with van der Waals surface area (Å²) in [7, 11) is -1.46. The summed E-state index contributed by atoms with van der Waals surface area (Å²) in [5.74, 6) is 1.38. The van der Waals surface area contributed by atoms with E-state index in [4.69, 9.17) is 9.16 Å². The monoisotopic (exact) mass is 538 g/mol. The van der Waals surface area contributed by atoms with Crippen LogP contribution in [0, 0.1) is 0 Å². The predicted molar refractivity (Wildman–Crippen MR) is 164 cm³/mol. The van der Waals surface area contributed by atoms with Crippen molar-refractivity contribution in [3.63, 3.8) is 0 Å². The lowest BCUT2D eigenvalue weighted by Gasteiger charge is -2.39. The van der Waals surface area contributed by atoms with Gasteiger partial charge in [0.2, 0.25) is 9.04 Å². The first-order valence-electron chi connectivity index (χ1n) is 14.0. The Balaban J connectivity index is 1.82. The quantitative estimate of drug-likeness (QED) is 0.206. The fraction of sp³-hybridized carbons (Fsp3) is 0.314. The van der Waals surface area contributed by atoms with Crippen LogP contribution in [-0.4, -0.2) is 14.1 Å². The van der Waals surface area contributed by atoms with E-state index < -0.39 is 14.6 Å². The van der Waals surface area contributed by atoms with Crippen molar-refractivity contribution < 1.29 is 14.3 Å². The van der Waals surface area contributed by atoms with Crippen molar-refractivity contribution in [3.8, 4) is 11.5 Å². The lowest BCUT2D eigenvalue weighted by atomic mass is 9.71. The highest BCUT2D eigenvalue weighted by molar-refractivity contribution is 6.49. The average molecular weight is 539 g/mol. The molecule has 1 N–H and O–H groups in total. The van der Waals surface area contributed by atoms with Crippen LogP contribution in [0.4, 0.5) is 0 Å². The highest BCUT2D eigenvalue weighted by Crippen LogP contribution is 2.48. The molecule has 0 radical (unpaired) electrons. The Morgan fingerprint density at radius 3 is 1.92 bits per heavy atom. The van der Waals surface area contributed by atoms with Crippen LogP contribution in [0.2, 0.25) is 13.1 Å². The average Bonchev–Trinajstić information content (AvgIpc) is 2.93. The predicted octanol–water partition coefficient (Wildman–Crippen LogP) is 8.36. The minimum atomic E-state index is -1.46. The molecule has 0 amide bonds. The van der Waals surface area contributed by atoms with E-state index in [9.17, 15) is 5.11 Å². The van der Waals surface area contributed by atoms with Gasteiger partial charge in [0.25, 0.3) is 0 Å². The standard InChI is InChI=1S/C35H42O3Si/c1-7-31(27-16-12-9-13-17-27)35(36,32-23-20-29(34(2,3)4)24-33(32)38-39(5)6)28-18-21-30(22-19-28)37-25-26-14-10-8-11-15-26/h8-24,31,36,39H,7,25H2,1-6H3. The van der Waals surface area contributed by atoms with Gasteiger partial charge in [-0.2, -0.15) is 0 Å². The van der Waals surface area contributed by atoms with Crippen LogP contribution in [0.25, 0.3) is 0 Å². The van der Waals surface area contributed by atoms with Gasteiger partial charge in [-0.05, 0) is 65.4 Å². The molecule has 4 aromatic rings. The molecule has 0 aliphatic rings. The maximum absolute atomic E-state index is 12.9. The number of ether oxygens (including phenoxy) is 1. The normalized spacial score (nSPS) is 14.1. The van der Waals surface area contributed by atoms with Crippen molar-refractivity contribution in [1.82, 2.24) is 0 Å². The van der Waals surface area contributed by atoms with E-state index in [1.165, 1.54) is 5.56 Å². The Kier molecular flexibility index (Phi) is 8.99. The molecule has 0 aromatic heterocycles. The van der Waals surface area contributed by atoms with E-state index >= 15 is 0 Å². The first-order valence-corrected chi connectivity index (χ1v) is 16.8. The first-order chi connectivity index (χ1) is 18.6. The summed E-state index contributed by atoms with van der Waals surface area (Å²) < 4.78 is 12.6. The number of aliphatic hydroxyl groups is 1. The number of benzene rings is 4. The van der Waals surface area contributed by atoms with Gasteiger partial charge < -0.3 is 14.3 Å². The van der Waals surface area contributed by atoms with E-state index in [0.29, 0.717) is 6.61 Å². The van der Waals surface area contributed by atoms with Crippen LogP contribution in [-0.2, 0) is 17.6 Å². The summed E-state index contributed by atoms with van der Waals surface area (Å²) >= 11 is 0. The molecule has 0 fully saturated rings. The lowest BCUT2D eigenvalue weighted by molar-refractivity contribution is 0.0460. The molecule has 0 spiro atoms. The molecule has 0 saturated heterocycles. The van der Waals surface area contributed by atoms with Gasteiger partial charge in [0.15, 0.2) is 0 Å². The Morgan fingerprint density at radius 1 is 0.769 bits per heavy atom. The zero-order valence-electron chi connectivity index (χ0n) is 24.1. The zero-order valence-corrected chi connectivity index (χ0v) is 25.3. The van der Waals surface area contributed by atoms with Crippen molar-refractivity contribution in [2.45, 2.75) is 70.8 Å². The largest absolute Gasteiger partial charge is 0.547 e. The maximum Gasteiger partial charge on any atom is 0.229 e. The Labute approximate surface area is 236 Å². The highest BCUT2D eigenvalue weighted by atomic mass is 28.3. The second-order valence-electron chi connectivity index (χ2n) is 11.6. The van der Waals surface area contributed by atoms with Crippen molar-refractivity contribution in [2.75, 3.05) is 0 Å². The summed E-state index contributed by atoms with van der Waals surface area (Å²) in [6.45, 7) is 13.6. The van der Waals surface area contributed by atoms with Crippen LogP contribution < -0.4 is 9.16 Å². The maximum atomic E-state index is 12.9.